The normalized spacial score (nSPS) is 13.0. The molecule has 122 valence electrons. The zero-order valence-electron chi connectivity index (χ0n) is 12.8. The summed E-state index contributed by atoms with van der Waals surface area (Å²) in [6, 6.07) is 17.0. The molecule has 0 bridgehead atoms. The molecule has 5 heteroatoms. The number of ether oxygens (including phenoxy) is 1. The van der Waals surface area contributed by atoms with E-state index in [2.05, 4.69) is 10.6 Å². The van der Waals surface area contributed by atoms with Crippen LogP contribution in [0.5, 0.6) is 11.5 Å². The molecule has 1 saturated carbocycles. The van der Waals surface area contributed by atoms with Crippen LogP contribution in [-0.2, 0) is 4.79 Å². The van der Waals surface area contributed by atoms with Crippen molar-refractivity contribution < 1.29 is 9.53 Å². The van der Waals surface area contributed by atoms with Crippen LogP contribution in [-0.4, -0.2) is 19.0 Å². The Morgan fingerprint density at radius 1 is 1.00 bits per heavy atom. The second-order valence-electron chi connectivity index (χ2n) is 5.56. The highest BCUT2D eigenvalue weighted by atomic mass is 35.5. The lowest BCUT2D eigenvalue weighted by Crippen LogP contribution is -2.29. The molecule has 0 saturated heterocycles. The summed E-state index contributed by atoms with van der Waals surface area (Å²) < 4.78 is 5.71. The fourth-order valence-corrected chi connectivity index (χ4v) is 2.15. The maximum atomic E-state index is 11.8. The molecule has 0 aromatic heterocycles. The Balaban J connectivity index is 0.00000192. The van der Waals surface area contributed by atoms with Gasteiger partial charge in [-0.25, -0.2) is 0 Å². The molecule has 0 unspecified atom stereocenters. The van der Waals surface area contributed by atoms with Crippen molar-refractivity contribution in [2.45, 2.75) is 12.8 Å². The van der Waals surface area contributed by atoms with Gasteiger partial charge in [-0.3, -0.25) is 4.79 Å². The minimum Gasteiger partial charge on any atom is -0.457 e. The quantitative estimate of drug-likeness (QED) is 0.810. The lowest BCUT2D eigenvalue weighted by Gasteiger charge is -2.08. The van der Waals surface area contributed by atoms with Gasteiger partial charge in [0.05, 0.1) is 6.54 Å². The van der Waals surface area contributed by atoms with Crippen LogP contribution in [0.15, 0.2) is 54.6 Å². The van der Waals surface area contributed by atoms with Crippen molar-refractivity contribution in [1.29, 1.82) is 0 Å². The maximum absolute atomic E-state index is 11.8. The van der Waals surface area contributed by atoms with Gasteiger partial charge in [-0.1, -0.05) is 18.2 Å². The zero-order chi connectivity index (χ0) is 15.2. The first-order chi connectivity index (χ1) is 10.8. The first kappa shape index (κ1) is 17.3. The zero-order valence-corrected chi connectivity index (χ0v) is 13.6. The van der Waals surface area contributed by atoms with Crippen molar-refractivity contribution >= 4 is 24.0 Å². The van der Waals surface area contributed by atoms with Gasteiger partial charge in [0, 0.05) is 5.69 Å². The molecule has 4 nitrogen and oxygen atoms in total. The predicted molar refractivity (Wildman–Crippen MR) is 94.4 cm³/mol. The maximum Gasteiger partial charge on any atom is 0.238 e. The van der Waals surface area contributed by atoms with E-state index >= 15 is 0 Å². The van der Waals surface area contributed by atoms with Gasteiger partial charge in [0.1, 0.15) is 11.5 Å². The van der Waals surface area contributed by atoms with E-state index in [-0.39, 0.29) is 18.3 Å². The van der Waals surface area contributed by atoms with Crippen molar-refractivity contribution in [1.82, 2.24) is 5.32 Å². The minimum atomic E-state index is -0.0163. The summed E-state index contributed by atoms with van der Waals surface area (Å²) in [5, 5.41) is 6.04. The smallest absolute Gasteiger partial charge is 0.238 e. The van der Waals surface area contributed by atoms with Crippen molar-refractivity contribution in [3.05, 3.63) is 54.6 Å². The van der Waals surface area contributed by atoms with Crippen LogP contribution in [0, 0.1) is 5.92 Å². The van der Waals surface area contributed by atoms with Gasteiger partial charge in [0.2, 0.25) is 5.91 Å². The van der Waals surface area contributed by atoms with Crippen molar-refractivity contribution in [2.24, 2.45) is 5.92 Å². The van der Waals surface area contributed by atoms with E-state index < -0.39 is 0 Å². The molecule has 0 radical (unpaired) electrons. The molecule has 2 N–H and O–H groups in total. The molecule has 1 amide bonds. The van der Waals surface area contributed by atoms with Crippen LogP contribution >= 0.6 is 12.4 Å². The van der Waals surface area contributed by atoms with E-state index in [1.807, 2.05) is 54.6 Å². The fraction of sp³-hybridized carbons (Fsp3) is 0.278. The fourth-order valence-electron chi connectivity index (χ4n) is 2.15. The van der Waals surface area contributed by atoms with Gasteiger partial charge in [0.25, 0.3) is 0 Å². The topological polar surface area (TPSA) is 50.4 Å². The largest absolute Gasteiger partial charge is 0.457 e. The van der Waals surface area contributed by atoms with Crippen LogP contribution < -0.4 is 15.4 Å². The number of amides is 1. The van der Waals surface area contributed by atoms with Gasteiger partial charge >= 0.3 is 0 Å². The average molecular weight is 333 g/mol. The number of benzene rings is 2. The van der Waals surface area contributed by atoms with E-state index in [4.69, 9.17) is 4.74 Å². The van der Waals surface area contributed by atoms with E-state index in [9.17, 15) is 4.79 Å². The van der Waals surface area contributed by atoms with Crippen LogP contribution in [0.1, 0.15) is 12.8 Å². The first-order valence-electron chi connectivity index (χ1n) is 7.63. The number of anilines is 1. The highest BCUT2D eigenvalue weighted by molar-refractivity contribution is 5.92. The van der Waals surface area contributed by atoms with E-state index in [0.29, 0.717) is 6.54 Å². The first-order valence-corrected chi connectivity index (χ1v) is 7.63. The van der Waals surface area contributed by atoms with Crippen molar-refractivity contribution in [3.63, 3.8) is 0 Å². The summed E-state index contributed by atoms with van der Waals surface area (Å²) in [4.78, 5) is 11.8. The molecule has 1 fully saturated rings. The number of halogens is 1. The van der Waals surface area contributed by atoms with Crippen LogP contribution in [0.3, 0.4) is 0 Å². The van der Waals surface area contributed by atoms with Crippen LogP contribution in [0.25, 0.3) is 0 Å². The molecule has 0 spiro atoms. The summed E-state index contributed by atoms with van der Waals surface area (Å²) in [5.41, 5.74) is 0.777. The molecule has 0 heterocycles. The molecule has 1 aliphatic rings. The minimum absolute atomic E-state index is 0. The summed E-state index contributed by atoms with van der Waals surface area (Å²) in [7, 11) is 0. The van der Waals surface area contributed by atoms with Gasteiger partial charge in [0.15, 0.2) is 0 Å². The average Bonchev–Trinajstić information content (AvgIpc) is 3.35. The monoisotopic (exact) mass is 332 g/mol. The number of hydrogen-bond acceptors (Lipinski definition) is 3. The molecule has 3 rings (SSSR count). The summed E-state index contributed by atoms with van der Waals surface area (Å²) in [6.07, 6.45) is 2.58. The highest BCUT2D eigenvalue weighted by Gasteiger charge is 2.20. The molecule has 2 aromatic carbocycles. The number of nitrogens with one attached hydrogen (secondary N) is 2. The van der Waals surface area contributed by atoms with Crippen LogP contribution in [0.2, 0.25) is 0 Å². The van der Waals surface area contributed by atoms with Crippen LogP contribution in [0.4, 0.5) is 5.69 Å². The third kappa shape index (κ3) is 5.93. The number of rotatable bonds is 7. The van der Waals surface area contributed by atoms with Gasteiger partial charge in [-0.2, -0.15) is 0 Å². The summed E-state index contributed by atoms with van der Waals surface area (Å²) in [5.74, 6) is 2.30. The molecule has 0 atom stereocenters. The Morgan fingerprint density at radius 3 is 2.30 bits per heavy atom. The summed E-state index contributed by atoms with van der Waals surface area (Å²) >= 11 is 0. The number of para-hydroxylation sites is 1. The number of carbonyl (C=O) groups is 1. The lowest BCUT2D eigenvalue weighted by molar-refractivity contribution is -0.115. The van der Waals surface area contributed by atoms with Gasteiger partial charge in [-0.15, -0.1) is 12.4 Å². The number of hydrogen-bond donors (Lipinski definition) is 2. The van der Waals surface area contributed by atoms with Gasteiger partial charge in [-0.05, 0) is 61.7 Å². The second-order valence-corrected chi connectivity index (χ2v) is 5.56. The lowest BCUT2D eigenvalue weighted by atomic mass is 10.3. The standard InChI is InChI=1S/C18H20N2O2.ClH/c21-18(13-19-12-14-6-7-14)20-15-8-10-17(11-9-15)22-16-4-2-1-3-5-16;/h1-5,8-11,14,19H,6-7,12-13H2,(H,20,21);1H. The van der Waals surface area contributed by atoms with E-state index in [1.54, 1.807) is 0 Å². The predicted octanol–water partition coefficient (Wildman–Crippen LogP) is 3.84. The summed E-state index contributed by atoms with van der Waals surface area (Å²) in [6.45, 7) is 1.30. The molecule has 0 aliphatic heterocycles. The third-order valence-electron chi connectivity index (χ3n) is 3.53. The molecular weight excluding hydrogens is 312 g/mol. The Labute approximate surface area is 142 Å². The Kier molecular flexibility index (Phi) is 6.44. The molecule has 2 aromatic rings. The third-order valence-corrected chi connectivity index (χ3v) is 3.53. The molecular formula is C18H21ClN2O2. The van der Waals surface area contributed by atoms with E-state index in [1.165, 1.54) is 12.8 Å². The van der Waals surface area contributed by atoms with Gasteiger partial charge < -0.3 is 15.4 Å². The Bertz CT molecular complexity index is 613. The Morgan fingerprint density at radius 2 is 1.65 bits per heavy atom. The second kappa shape index (κ2) is 8.56. The molecule has 23 heavy (non-hydrogen) atoms. The van der Waals surface area contributed by atoms with Crippen molar-refractivity contribution in [3.8, 4) is 11.5 Å². The number of carbonyl (C=O) groups excluding carboxylic acids is 1. The van der Waals surface area contributed by atoms with Crippen molar-refractivity contribution in [2.75, 3.05) is 18.4 Å². The highest BCUT2D eigenvalue weighted by Crippen LogP contribution is 2.27. The van der Waals surface area contributed by atoms with E-state index in [0.717, 1.165) is 29.6 Å². The Hall–Kier alpha value is -2.04. The molecule has 1 aliphatic carbocycles. The SMILES string of the molecule is Cl.O=C(CNCC1CC1)Nc1ccc(Oc2ccccc2)cc1.